The number of carbonyl (C=O) groups is 1. The van der Waals surface area contributed by atoms with Crippen LogP contribution in [-0.2, 0) is 17.8 Å². The highest BCUT2D eigenvalue weighted by molar-refractivity contribution is 5.80. The van der Waals surface area contributed by atoms with Crippen molar-refractivity contribution in [3.05, 3.63) is 70.5 Å². The molecule has 1 aromatic carbocycles. The molecule has 0 aliphatic heterocycles. The Morgan fingerprint density at radius 1 is 1.14 bits per heavy atom. The van der Waals surface area contributed by atoms with Crippen LogP contribution in [0.15, 0.2) is 53.6 Å². The molecule has 3 heterocycles. The third kappa shape index (κ3) is 4.77. The molecule has 37 heavy (non-hydrogen) atoms. The molecule has 9 nitrogen and oxygen atoms in total. The standard InChI is InChI=1S/C28H33N7O2/c1-4-6-9-21-17-35(26-20(5-2)14-24(26)18(3)36)28(37)34(21)16-19-12-13-25(29-15-19)22-10-7-8-11-23(22)27-30-32-33-31-27/h7-8,10-13,15,17,20,24,26H,4-6,9,14,16H2,1-3H3,(H,30,31,32,33). The minimum atomic E-state index is -0.0715. The molecule has 9 heteroatoms. The Morgan fingerprint density at radius 3 is 2.59 bits per heavy atom. The lowest BCUT2D eigenvalue weighted by molar-refractivity contribution is -0.128. The average Bonchev–Trinajstić information content (AvgIpc) is 3.52. The molecule has 192 valence electrons. The Balaban J connectivity index is 1.45. The molecule has 1 aliphatic rings. The highest BCUT2D eigenvalue weighted by Gasteiger charge is 2.44. The first kappa shape index (κ1) is 24.8. The molecule has 1 aliphatic carbocycles. The van der Waals surface area contributed by atoms with E-state index in [4.69, 9.17) is 4.98 Å². The number of aryl methyl sites for hydroxylation is 1. The fourth-order valence-electron chi connectivity index (χ4n) is 5.50. The van der Waals surface area contributed by atoms with Gasteiger partial charge in [0.1, 0.15) is 5.78 Å². The van der Waals surface area contributed by atoms with Crippen LogP contribution >= 0.6 is 0 Å². The normalized spacial score (nSPS) is 19.1. The first-order valence-corrected chi connectivity index (χ1v) is 13.1. The third-order valence-electron chi connectivity index (χ3n) is 7.65. The van der Waals surface area contributed by atoms with E-state index in [9.17, 15) is 9.59 Å². The SMILES string of the molecule is CCCCc1cn(C2C(CC)CC2C(C)=O)c(=O)n1Cc1ccc(-c2ccccc2-c2nn[nH]n2)nc1. The number of H-pyrrole nitrogens is 1. The van der Waals surface area contributed by atoms with Gasteiger partial charge in [0.05, 0.1) is 18.3 Å². The second-order valence-corrected chi connectivity index (χ2v) is 9.94. The molecule has 1 fully saturated rings. The largest absolute Gasteiger partial charge is 0.328 e. The number of benzene rings is 1. The molecule has 3 aromatic heterocycles. The predicted octanol–water partition coefficient (Wildman–Crippen LogP) is 4.46. The molecule has 0 bridgehead atoms. The van der Waals surface area contributed by atoms with E-state index in [-0.39, 0.29) is 23.4 Å². The number of ketones is 1. The zero-order valence-corrected chi connectivity index (χ0v) is 21.6. The van der Waals surface area contributed by atoms with Gasteiger partial charge in [0, 0.05) is 35.1 Å². The fraction of sp³-hybridized carbons (Fsp3) is 0.429. The van der Waals surface area contributed by atoms with E-state index in [1.54, 1.807) is 6.92 Å². The number of Topliss-reactive ketones (excluding diaryl/α,β-unsaturated/α-hetero) is 1. The number of nitrogens with one attached hydrogen (secondary N) is 1. The van der Waals surface area contributed by atoms with E-state index in [0.717, 1.165) is 60.2 Å². The monoisotopic (exact) mass is 499 g/mol. The van der Waals surface area contributed by atoms with Gasteiger partial charge in [-0.05, 0) is 48.9 Å². The van der Waals surface area contributed by atoms with E-state index >= 15 is 0 Å². The van der Waals surface area contributed by atoms with Crippen molar-refractivity contribution in [2.45, 2.75) is 65.5 Å². The third-order valence-corrected chi connectivity index (χ3v) is 7.65. The summed E-state index contributed by atoms with van der Waals surface area (Å²) in [6, 6.07) is 11.7. The van der Waals surface area contributed by atoms with E-state index < -0.39 is 0 Å². The average molecular weight is 500 g/mol. The Morgan fingerprint density at radius 2 is 1.95 bits per heavy atom. The van der Waals surface area contributed by atoms with Crippen molar-refractivity contribution in [1.29, 1.82) is 0 Å². The Hall–Kier alpha value is -3.88. The number of hydrogen-bond donors (Lipinski definition) is 1. The van der Waals surface area contributed by atoms with Crippen molar-refractivity contribution in [2.75, 3.05) is 0 Å². The van der Waals surface area contributed by atoms with Crippen LogP contribution in [0.5, 0.6) is 0 Å². The first-order chi connectivity index (χ1) is 18.0. The zero-order chi connectivity index (χ0) is 25.9. The molecular formula is C28H33N7O2. The number of tetrazole rings is 1. The molecule has 0 spiro atoms. The topological polar surface area (TPSA) is 111 Å². The Bertz CT molecular complexity index is 1420. The minimum Gasteiger partial charge on any atom is -0.300 e. The van der Waals surface area contributed by atoms with Gasteiger partial charge in [0.25, 0.3) is 0 Å². The Kier molecular flexibility index (Phi) is 7.12. The molecule has 3 unspecified atom stereocenters. The molecule has 0 amide bonds. The van der Waals surface area contributed by atoms with Crippen molar-refractivity contribution in [2.24, 2.45) is 11.8 Å². The maximum atomic E-state index is 13.7. The van der Waals surface area contributed by atoms with Gasteiger partial charge in [-0.15, -0.1) is 10.2 Å². The zero-order valence-electron chi connectivity index (χ0n) is 21.6. The maximum Gasteiger partial charge on any atom is 0.328 e. The van der Waals surface area contributed by atoms with Gasteiger partial charge >= 0.3 is 5.69 Å². The van der Waals surface area contributed by atoms with Crippen LogP contribution in [0.25, 0.3) is 22.6 Å². The number of aromatic amines is 1. The van der Waals surface area contributed by atoms with E-state index in [2.05, 4.69) is 34.5 Å². The van der Waals surface area contributed by atoms with Crippen molar-refractivity contribution < 1.29 is 4.79 Å². The van der Waals surface area contributed by atoms with Crippen LogP contribution in [0, 0.1) is 11.8 Å². The summed E-state index contributed by atoms with van der Waals surface area (Å²) in [7, 11) is 0. The maximum absolute atomic E-state index is 13.7. The van der Waals surface area contributed by atoms with Crippen LogP contribution in [0.4, 0.5) is 0 Å². The smallest absolute Gasteiger partial charge is 0.300 e. The van der Waals surface area contributed by atoms with Crippen molar-refractivity contribution >= 4 is 5.78 Å². The summed E-state index contributed by atoms with van der Waals surface area (Å²) in [6.45, 7) is 6.38. The molecule has 0 saturated heterocycles. The summed E-state index contributed by atoms with van der Waals surface area (Å²) >= 11 is 0. The Labute approximate surface area is 216 Å². The second-order valence-electron chi connectivity index (χ2n) is 9.94. The number of rotatable bonds is 10. The van der Waals surface area contributed by atoms with Crippen LogP contribution < -0.4 is 5.69 Å². The predicted molar refractivity (Wildman–Crippen MR) is 141 cm³/mol. The van der Waals surface area contributed by atoms with Gasteiger partial charge in [-0.1, -0.05) is 57.0 Å². The highest BCUT2D eigenvalue weighted by Crippen LogP contribution is 2.46. The molecule has 0 radical (unpaired) electrons. The number of hydrogen-bond acceptors (Lipinski definition) is 6. The number of pyridine rings is 1. The summed E-state index contributed by atoms with van der Waals surface area (Å²) in [5.74, 6) is 0.977. The summed E-state index contributed by atoms with van der Waals surface area (Å²) in [6.07, 6.45) is 8.55. The number of nitrogens with zero attached hydrogens (tertiary/aromatic N) is 6. The molecule has 1 N–H and O–H groups in total. The lowest BCUT2D eigenvalue weighted by Gasteiger charge is -2.43. The van der Waals surface area contributed by atoms with Gasteiger partial charge in [-0.2, -0.15) is 5.21 Å². The molecule has 3 atom stereocenters. The first-order valence-electron chi connectivity index (χ1n) is 13.1. The van der Waals surface area contributed by atoms with Gasteiger partial charge in [0.15, 0.2) is 0 Å². The number of carbonyl (C=O) groups excluding carboxylic acids is 1. The van der Waals surface area contributed by atoms with E-state index in [1.165, 1.54) is 0 Å². The number of unbranched alkanes of at least 4 members (excludes halogenated alkanes) is 1. The number of imidazole rings is 1. The van der Waals surface area contributed by atoms with Crippen LogP contribution in [0.1, 0.15) is 63.8 Å². The van der Waals surface area contributed by atoms with Gasteiger partial charge in [-0.25, -0.2) is 4.79 Å². The lowest BCUT2D eigenvalue weighted by Crippen LogP contribution is -2.45. The lowest BCUT2D eigenvalue weighted by atomic mass is 9.67. The minimum absolute atomic E-state index is 0.0352. The molecular weight excluding hydrogens is 466 g/mol. The highest BCUT2D eigenvalue weighted by atomic mass is 16.2. The van der Waals surface area contributed by atoms with Crippen LogP contribution in [0.3, 0.4) is 0 Å². The van der Waals surface area contributed by atoms with Crippen molar-refractivity contribution in [1.82, 2.24) is 34.7 Å². The fourth-order valence-corrected chi connectivity index (χ4v) is 5.50. The van der Waals surface area contributed by atoms with Gasteiger partial charge < -0.3 is 0 Å². The molecule has 1 saturated carbocycles. The van der Waals surface area contributed by atoms with Gasteiger partial charge in [-0.3, -0.25) is 18.9 Å². The van der Waals surface area contributed by atoms with Crippen LogP contribution in [-0.4, -0.2) is 40.5 Å². The van der Waals surface area contributed by atoms with E-state index in [1.807, 2.05) is 57.9 Å². The van der Waals surface area contributed by atoms with E-state index in [0.29, 0.717) is 18.3 Å². The quantitative estimate of drug-likeness (QED) is 0.345. The molecule has 4 aromatic rings. The summed E-state index contributed by atoms with van der Waals surface area (Å²) in [4.78, 5) is 30.6. The summed E-state index contributed by atoms with van der Waals surface area (Å²) < 4.78 is 3.71. The number of aromatic nitrogens is 7. The molecule has 5 rings (SSSR count). The summed E-state index contributed by atoms with van der Waals surface area (Å²) in [5.41, 5.74) is 4.48. The van der Waals surface area contributed by atoms with Gasteiger partial charge in [0.2, 0.25) is 5.82 Å². The van der Waals surface area contributed by atoms with Crippen LogP contribution in [0.2, 0.25) is 0 Å². The second kappa shape index (κ2) is 10.6. The summed E-state index contributed by atoms with van der Waals surface area (Å²) in [5, 5.41) is 14.4. The van der Waals surface area contributed by atoms with Crippen molar-refractivity contribution in [3.63, 3.8) is 0 Å². The van der Waals surface area contributed by atoms with Crippen molar-refractivity contribution in [3.8, 4) is 22.6 Å².